The fourth-order valence-electron chi connectivity index (χ4n) is 4.69. The minimum absolute atomic E-state index is 0.0474. The number of hydrogen-bond acceptors (Lipinski definition) is 5. The first-order valence-corrected chi connectivity index (χ1v) is 15.0. The van der Waals surface area contributed by atoms with Crippen molar-refractivity contribution >= 4 is 27.5 Å². The van der Waals surface area contributed by atoms with E-state index in [9.17, 15) is 18.0 Å². The topological polar surface area (TPSA) is 96.0 Å². The average molecular weight is 586 g/mol. The molecule has 1 atom stereocenters. The zero-order chi connectivity index (χ0) is 30.1. The molecule has 0 saturated heterocycles. The van der Waals surface area contributed by atoms with Crippen LogP contribution >= 0.6 is 0 Å². The molecule has 0 fully saturated rings. The van der Waals surface area contributed by atoms with Gasteiger partial charge in [-0.25, -0.2) is 8.42 Å². The molecule has 0 aliphatic carbocycles. The summed E-state index contributed by atoms with van der Waals surface area (Å²) in [5, 5.41) is 2.70. The molecule has 0 heterocycles. The van der Waals surface area contributed by atoms with Gasteiger partial charge in [0.2, 0.25) is 11.8 Å². The van der Waals surface area contributed by atoms with E-state index in [1.165, 1.54) is 31.2 Å². The van der Waals surface area contributed by atoms with Crippen LogP contribution in [-0.4, -0.2) is 51.9 Å². The van der Waals surface area contributed by atoms with Crippen LogP contribution in [0.3, 0.4) is 0 Å². The molecule has 4 rings (SSSR count). The molecule has 0 radical (unpaired) electrons. The lowest BCUT2D eigenvalue weighted by Crippen LogP contribution is -2.53. The summed E-state index contributed by atoms with van der Waals surface area (Å²) in [6.07, 6.45) is 0.256. The zero-order valence-corrected chi connectivity index (χ0v) is 24.8. The number of carbonyl (C=O) groups excluding carboxylic acids is 2. The van der Waals surface area contributed by atoms with E-state index in [1.807, 2.05) is 61.5 Å². The number of rotatable bonds is 12. The van der Waals surface area contributed by atoms with Crippen LogP contribution in [0.15, 0.2) is 114 Å². The van der Waals surface area contributed by atoms with Crippen molar-refractivity contribution in [2.24, 2.45) is 0 Å². The van der Waals surface area contributed by atoms with Crippen LogP contribution in [0.25, 0.3) is 0 Å². The zero-order valence-electron chi connectivity index (χ0n) is 23.9. The lowest BCUT2D eigenvalue weighted by atomic mass is 10.0. The second kappa shape index (κ2) is 13.8. The first-order chi connectivity index (χ1) is 20.2. The predicted octanol–water partition coefficient (Wildman–Crippen LogP) is 4.59. The molecule has 0 spiro atoms. The van der Waals surface area contributed by atoms with E-state index in [-0.39, 0.29) is 23.8 Å². The van der Waals surface area contributed by atoms with E-state index >= 15 is 0 Å². The molecule has 4 aromatic rings. The number of carbonyl (C=O) groups is 2. The van der Waals surface area contributed by atoms with Gasteiger partial charge in [0.05, 0.1) is 17.7 Å². The molecule has 8 nitrogen and oxygen atoms in total. The van der Waals surface area contributed by atoms with Crippen LogP contribution in [0.4, 0.5) is 5.69 Å². The Hall–Kier alpha value is -4.63. The van der Waals surface area contributed by atoms with Gasteiger partial charge >= 0.3 is 0 Å². The lowest BCUT2D eigenvalue weighted by molar-refractivity contribution is -0.139. The SMILES string of the molecule is CNC(=O)C(Cc1ccccc1)N(Cc1ccccc1C)C(=O)CN(c1ccc(OC)cc1)S(=O)(=O)c1ccccc1. The summed E-state index contributed by atoms with van der Waals surface area (Å²) in [7, 11) is -1.10. The maximum absolute atomic E-state index is 14.3. The molecule has 4 aromatic carbocycles. The molecule has 218 valence electrons. The number of methoxy groups -OCH3 is 1. The van der Waals surface area contributed by atoms with Crippen molar-refractivity contribution in [3.05, 3.63) is 126 Å². The first-order valence-electron chi connectivity index (χ1n) is 13.6. The Bertz CT molecular complexity index is 1590. The molecule has 0 saturated carbocycles. The van der Waals surface area contributed by atoms with Crippen LogP contribution in [-0.2, 0) is 32.6 Å². The molecule has 9 heteroatoms. The second-order valence-corrected chi connectivity index (χ2v) is 11.7. The lowest BCUT2D eigenvalue weighted by Gasteiger charge is -2.34. The Morgan fingerprint density at radius 1 is 0.833 bits per heavy atom. The highest BCUT2D eigenvalue weighted by molar-refractivity contribution is 7.92. The molecule has 0 aliphatic heterocycles. The summed E-state index contributed by atoms with van der Waals surface area (Å²) in [6.45, 7) is 1.55. The minimum atomic E-state index is -4.15. The van der Waals surface area contributed by atoms with Crippen molar-refractivity contribution in [1.29, 1.82) is 0 Å². The van der Waals surface area contributed by atoms with Crippen molar-refractivity contribution in [1.82, 2.24) is 10.2 Å². The van der Waals surface area contributed by atoms with E-state index in [1.54, 1.807) is 42.5 Å². The Morgan fingerprint density at radius 3 is 2.02 bits per heavy atom. The van der Waals surface area contributed by atoms with Gasteiger partial charge in [0.25, 0.3) is 10.0 Å². The van der Waals surface area contributed by atoms with E-state index in [2.05, 4.69) is 5.32 Å². The van der Waals surface area contributed by atoms with Gasteiger partial charge < -0.3 is 15.0 Å². The van der Waals surface area contributed by atoms with Crippen LogP contribution in [0.2, 0.25) is 0 Å². The van der Waals surface area contributed by atoms with Gasteiger partial charge in [-0.3, -0.25) is 13.9 Å². The number of hydrogen-bond donors (Lipinski definition) is 1. The third-order valence-electron chi connectivity index (χ3n) is 7.09. The third kappa shape index (κ3) is 7.16. The number of amides is 2. The quantitative estimate of drug-likeness (QED) is 0.263. The molecule has 0 bridgehead atoms. The largest absolute Gasteiger partial charge is 0.497 e. The molecule has 0 aromatic heterocycles. The summed E-state index contributed by atoms with van der Waals surface area (Å²) in [5.74, 6) is -0.313. The van der Waals surface area contributed by atoms with Crippen LogP contribution < -0.4 is 14.4 Å². The first kappa shape index (κ1) is 30.3. The summed E-state index contributed by atoms with van der Waals surface area (Å²) in [5.41, 5.74) is 2.98. The van der Waals surface area contributed by atoms with Crippen molar-refractivity contribution in [2.75, 3.05) is 25.0 Å². The van der Waals surface area contributed by atoms with Crippen molar-refractivity contribution in [2.45, 2.75) is 30.8 Å². The van der Waals surface area contributed by atoms with Gasteiger partial charge in [0.1, 0.15) is 18.3 Å². The van der Waals surface area contributed by atoms with Crippen LogP contribution in [0.5, 0.6) is 5.75 Å². The monoisotopic (exact) mass is 585 g/mol. The normalized spacial score (nSPS) is 11.8. The van der Waals surface area contributed by atoms with Crippen molar-refractivity contribution in [3.63, 3.8) is 0 Å². The van der Waals surface area contributed by atoms with E-state index in [4.69, 9.17) is 4.74 Å². The van der Waals surface area contributed by atoms with E-state index in [0.717, 1.165) is 21.0 Å². The number of benzene rings is 4. The Morgan fingerprint density at radius 2 is 1.43 bits per heavy atom. The Kier molecular flexibility index (Phi) is 9.98. The van der Waals surface area contributed by atoms with Gasteiger partial charge in [-0.1, -0.05) is 72.8 Å². The number of nitrogens with one attached hydrogen (secondary N) is 1. The molecular formula is C33H35N3O5S. The summed E-state index contributed by atoms with van der Waals surface area (Å²) in [6, 6.07) is 30.6. The van der Waals surface area contributed by atoms with Gasteiger partial charge in [0, 0.05) is 20.0 Å². The highest BCUT2D eigenvalue weighted by atomic mass is 32.2. The highest BCUT2D eigenvalue weighted by Gasteiger charge is 2.34. The second-order valence-electron chi connectivity index (χ2n) is 9.79. The smallest absolute Gasteiger partial charge is 0.264 e. The fraction of sp³-hybridized carbons (Fsp3) is 0.212. The number of ether oxygens (including phenoxy) is 1. The molecule has 1 unspecified atom stereocenters. The summed E-state index contributed by atoms with van der Waals surface area (Å²) in [4.78, 5) is 29.2. The Labute approximate surface area is 247 Å². The number of likely N-dealkylation sites (N-methyl/N-ethyl adjacent to an activating group) is 1. The van der Waals surface area contributed by atoms with Crippen molar-refractivity contribution < 1.29 is 22.7 Å². The highest BCUT2D eigenvalue weighted by Crippen LogP contribution is 2.27. The van der Waals surface area contributed by atoms with Gasteiger partial charge in [0.15, 0.2) is 0 Å². The molecule has 0 aliphatic rings. The average Bonchev–Trinajstić information content (AvgIpc) is 3.02. The van der Waals surface area contributed by atoms with E-state index < -0.39 is 28.5 Å². The number of nitrogens with zero attached hydrogens (tertiary/aromatic N) is 2. The number of aryl methyl sites for hydroxylation is 1. The van der Waals surface area contributed by atoms with Crippen LogP contribution in [0.1, 0.15) is 16.7 Å². The number of sulfonamides is 1. The van der Waals surface area contributed by atoms with Crippen molar-refractivity contribution in [3.8, 4) is 5.75 Å². The summed E-state index contributed by atoms with van der Waals surface area (Å²) >= 11 is 0. The maximum Gasteiger partial charge on any atom is 0.264 e. The Balaban J connectivity index is 1.79. The molecule has 42 heavy (non-hydrogen) atoms. The fourth-order valence-corrected chi connectivity index (χ4v) is 6.12. The van der Waals surface area contributed by atoms with Gasteiger partial charge in [-0.05, 0) is 60.0 Å². The molecule has 1 N–H and O–H groups in total. The van der Waals surface area contributed by atoms with Crippen LogP contribution in [0, 0.1) is 6.92 Å². The summed E-state index contributed by atoms with van der Waals surface area (Å²) < 4.78 is 34.2. The van der Waals surface area contributed by atoms with Gasteiger partial charge in [-0.15, -0.1) is 0 Å². The molecule has 2 amide bonds. The number of anilines is 1. The minimum Gasteiger partial charge on any atom is -0.497 e. The predicted molar refractivity (Wildman–Crippen MR) is 164 cm³/mol. The van der Waals surface area contributed by atoms with Gasteiger partial charge in [-0.2, -0.15) is 0 Å². The third-order valence-corrected chi connectivity index (χ3v) is 8.88. The maximum atomic E-state index is 14.3. The standard InChI is InChI=1S/C33H35N3O5S/c1-25-12-10-11-15-27(25)23-35(31(33(38)34-2)22-26-13-6-4-7-14-26)32(37)24-36(28-18-20-29(41-3)21-19-28)42(39,40)30-16-8-5-9-17-30/h4-21,31H,22-24H2,1-3H3,(H,34,38). The molecular weight excluding hydrogens is 550 g/mol. The van der Waals surface area contributed by atoms with E-state index in [0.29, 0.717) is 11.4 Å².